The molecular formula is C14H15FN2O4. The van der Waals surface area contributed by atoms with Gasteiger partial charge in [0.1, 0.15) is 11.6 Å². The zero-order chi connectivity index (χ0) is 15.4. The van der Waals surface area contributed by atoms with Gasteiger partial charge < -0.3 is 14.3 Å². The number of benzene rings is 1. The van der Waals surface area contributed by atoms with E-state index in [1.54, 1.807) is 13.8 Å². The van der Waals surface area contributed by atoms with Crippen molar-refractivity contribution in [2.24, 2.45) is 0 Å². The molecule has 0 saturated carbocycles. The zero-order valence-electron chi connectivity index (χ0n) is 11.7. The quantitative estimate of drug-likeness (QED) is 0.852. The van der Waals surface area contributed by atoms with E-state index in [1.807, 2.05) is 0 Å². The molecule has 112 valence electrons. The first-order chi connectivity index (χ1) is 9.99. The highest BCUT2D eigenvalue weighted by Gasteiger charge is 2.25. The summed E-state index contributed by atoms with van der Waals surface area (Å²) < 4.78 is 23.7. The van der Waals surface area contributed by atoms with Gasteiger partial charge in [-0.05, 0) is 24.6 Å². The number of rotatable bonds is 5. The van der Waals surface area contributed by atoms with Crippen LogP contribution in [0.1, 0.15) is 36.6 Å². The van der Waals surface area contributed by atoms with Gasteiger partial charge in [-0.2, -0.15) is 0 Å². The van der Waals surface area contributed by atoms with E-state index in [4.69, 9.17) is 9.15 Å². The summed E-state index contributed by atoms with van der Waals surface area (Å²) in [6, 6.07) is 3.54. The Morgan fingerprint density at radius 2 is 2.19 bits per heavy atom. The minimum atomic E-state index is -0.674. The maximum atomic E-state index is 13.5. The van der Waals surface area contributed by atoms with Crippen molar-refractivity contribution in [1.82, 2.24) is 10.2 Å². The van der Waals surface area contributed by atoms with Crippen LogP contribution < -0.4 is 0 Å². The summed E-state index contributed by atoms with van der Waals surface area (Å²) in [5, 5.41) is 17.1. The van der Waals surface area contributed by atoms with Crippen molar-refractivity contribution < 1.29 is 23.4 Å². The number of aryl methyl sites for hydroxylation is 1. The molecule has 21 heavy (non-hydrogen) atoms. The number of phenols is 1. The summed E-state index contributed by atoms with van der Waals surface area (Å²) in [7, 11) is 0. The maximum absolute atomic E-state index is 13.5. The number of hydrogen-bond acceptors (Lipinski definition) is 6. The van der Waals surface area contributed by atoms with Crippen LogP contribution in [0.5, 0.6) is 5.75 Å². The number of ether oxygens (including phenoxy) is 1. The number of carbonyl (C=O) groups is 1. The molecule has 0 saturated heterocycles. The summed E-state index contributed by atoms with van der Waals surface area (Å²) in [6.45, 7) is 3.54. The first-order valence-corrected chi connectivity index (χ1v) is 6.44. The second-order valence-electron chi connectivity index (χ2n) is 4.46. The molecule has 1 unspecified atom stereocenters. The van der Waals surface area contributed by atoms with Crippen molar-refractivity contribution in [2.75, 3.05) is 6.61 Å². The molecule has 0 radical (unpaired) electrons. The van der Waals surface area contributed by atoms with Gasteiger partial charge in [-0.25, -0.2) is 4.39 Å². The molecule has 1 aromatic heterocycles. The van der Waals surface area contributed by atoms with Crippen molar-refractivity contribution in [3.05, 3.63) is 41.4 Å². The lowest BCUT2D eigenvalue weighted by atomic mass is 9.95. The molecule has 0 aliphatic carbocycles. The normalized spacial score (nSPS) is 12.1. The van der Waals surface area contributed by atoms with E-state index in [1.165, 1.54) is 12.1 Å². The topological polar surface area (TPSA) is 85.5 Å². The standard InChI is InChI=1S/C14H15FN2O4/c1-3-20-13(19)7-12(14-17-16-8(2)21-14)9-4-10(15)6-11(18)5-9/h4-6,12,18H,3,7H2,1-2H3. The Labute approximate surface area is 120 Å². The van der Waals surface area contributed by atoms with Crippen LogP contribution in [-0.2, 0) is 9.53 Å². The van der Waals surface area contributed by atoms with E-state index in [9.17, 15) is 14.3 Å². The van der Waals surface area contributed by atoms with Crippen LogP contribution in [-0.4, -0.2) is 27.9 Å². The molecule has 6 nitrogen and oxygen atoms in total. The van der Waals surface area contributed by atoms with Gasteiger partial charge in [-0.15, -0.1) is 10.2 Å². The molecule has 0 bridgehead atoms. The van der Waals surface area contributed by atoms with Gasteiger partial charge in [0.25, 0.3) is 0 Å². The number of halogens is 1. The summed E-state index contributed by atoms with van der Waals surface area (Å²) in [4.78, 5) is 11.7. The van der Waals surface area contributed by atoms with Crippen LogP contribution in [0.4, 0.5) is 4.39 Å². The molecule has 2 rings (SSSR count). The number of carbonyl (C=O) groups excluding carboxylic acids is 1. The smallest absolute Gasteiger partial charge is 0.306 e. The van der Waals surface area contributed by atoms with Crippen LogP contribution in [0.3, 0.4) is 0 Å². The van der Waals surface area contributed by atoms with Gasteiger partial charge in [-0.3, -0.25) is 4.79 Å². The van der Waals surface area contributed by atoms with Gasteiger partial charge in [0, 0.05) is 13.0 Å². The highest BCUT2D eigenvalue weighted by molar-refractivity contribution is 5.71. The third-order valence-corrected chi connectivity index (χ3v) is 2.82. The van der Waals surface area contributed by atoms with E-state index in [0.29, 0.717) is 11.5 Å². The molecule has 1 aromatic carbocycles. The molecule has 1 atom stereocenters. The predicted molar refractivity (Wildman–Crippen MR) is 70.2 cm³/mol. The number of aromatic hydroxyl groups is 1. The first-order valence-electron chi connectivity index (χ1n) is 6.44. The molecule has 1 heterocycles. The fourth-order valence-corrected chi connectivity index (χ4v) is 1.98. The summed E-state index contributed by atoms with van der Waals surface area (Å²) in [6.07, 6.45) is -0.0850. The van der Waals surface area contributed by atoms with Crippen LogP contribution in [0.25, 0.3) is 0 Å². The number of hydrogen-bond donors (Lipinski definition) is 1. The van der Waals surface area contributed by atoms with E-state index in [-0.39, 0.29) is 24.7 Å². The monoisotopic (exact) mass is 294 g/mol. The van der Waals surface area contributed by atoms with Gasteiger partial charge in [0.2, 0.25) is 11.8 Å². The second kappa shape index (κ2) is 6.34. The van der Waals surface area contributed by atoms with Crippen LogP contribution >= 0.6 is 0 Å². The van der Waals surface area contributed by atoms with E-state index >= 15 is 0 Å². The van der Waals surface area contributed by atoms with Crippen molar-refractivity contribution in [3.63, 3.8) is 0 Å². The van der Waals surface area contributed by atoms with E-state index < -0.39 is 17.7 Å². The number of aromatic nitrogens is 2. The Morgan fingerprint density at radius 3 is 2.76 bits per heavy atom. The Hall–Kier alpha value is -2.44. The fourth-order valence-electron chi connectivity index (χ4n) is 1.98. The molecule has 0 aliphatic rings. The Balaban J connectivity index is 2.37. The molecule has 0 amide bonds. The van der Waals surface area contributed by atoms with Crippen LogP contribution in [0.15, 0.2) is 22.6 Å². The maximum Gasteiger partial charge on any atom is 0.306 e. The SMILES string of the molecule is CCOC(=O)CC(c1cc(O)cc(F)c1)c1nnc(C)o1. The Bertz CT molecular complexity index is 621. The molecular weight excluding hydrogens is 279 g/mol. The molecule has 0 aliphatic heterocycles. The van der Waals surface area contributed by atoms with Gasteiger partial charge >= 0.3 is 5.97 Å². The summed E-state index contributed by atoms with van der Waals surface area (Å²) >= 11 is 0. The van der Waals surface area contributed by atoms with Crippen molar-refractivity contribution in [2.45, 2.75) is 26.2 Å². The van der Waals surface area contributed by atoms with Crippen molar-refractivity contribution in [3.8, 4) is 5.75 Å². The lowest BCUT2D eigenvalue weighted by Crippen LogP contribution is -2.12. The minimum Gasteiger partial charge on any atom is -0.508 e. The average Bonchev–Trinajstić information content (AvgIpc) is 2.81. The van der Waals surface area contributed by atoms with Gasteiger partial charge in [0.15, 0.2) is 0 Å². The van der Waals surface area contributed by atoms with Crippen LogP contribution in [0, 0.1) is 12.7 Å². The number of nitrogens with zero attached hydrogens (tertiary/aromatic N) is 2. The van der Waals surface area contributed by atoms with E-state index in [2.05, 4.69) is 10.2 Å². The van der Waals surface area contributed by atoms with Crippen molar-refractivity contribution in [1.29, 1.82) is 0 Å². The molecule has 0 spiro atoms. The average molecular weight is 294 g/mol. The number of esters is 1. The molecule has 0 fully saturated rings. The lowest BCUT2D eigenvalue weighted by Gasteiger charge is -2.13. The number of phenolic OH excluding ortho intramolecular Hbond substituents is 1. The third-order valence-electron chi connectivity index (χ3n) is 2.82. The fraction of sp³-hybridized carbons (Fsp3) is 0.357. The van der Waals surface area contributed by atoms with E-state index in [0.717, 1.165) is 6.07 Å². The summed E-state index contributed by atoms with van der Waals surface area (Å²) in [5.74, 6) is -1.50. The Kier molecular flexibility index (Phi) is 4.52. The Morgan fingerprint density at radius 1 is 1.43 bits per heavy atom. The second-order valence-corrected chi connectivity index (χ2v) is 4.46. The highest BCUT2D eigenvalue weighted by atomic mass is 19.1. The molecule has 2 aromatic rings. The van der Waals surface area contributed by atoms with Gasteiger partial charge in [0.05, 0.1) is 18.9 Å². The predicted octanol–water partition coefficient (Wildman–Crippen LogP) is 2.31. The van der Waals surface area contributed by atoms with Crippen molar-refractivity contribution >= 4 is 5.97 Å². The zero-order valence-corrected chi connectivity index (χ0v) is 11.7. The summed E-state index contributed by atoms with van der Waals surface area (Å²) in [5.41, 5.74) is 0.365. The third kappa shape index (κ3) is 3.77. The largest absolute Gasteiger partial charge is 0.508 e. The van der Waals surface area contributed by atoms with Crippen LogP contribution in [0.2, 0.25) is 0 Å². The molecule has 1 N–H and O–H groups in total. The lowest BCUT2D eigenvalue weighted by molar-refractivity contribution is -0.143. The first kappa shape index (κ1) is 15.0. The highest BCUT2D eigenvalue weighted by Crippen LogP contribution is 2.30. The molecule has 7 heteroatoms. The van der Waals surface area contributed by atoms with Gasteiger partial charge in [-0.1, -0.05) is 0 Å². The minimum absolute atomic E-state index is 0.0850.